The van der Waals surface area contributed by atoms with Crippen LogP contribution in [0, 0.1) is 6.92 Å². The molecular formula is C19H16O6. The maximum Gasteiger partial charge on any atom is 0.308 e. The molecule has 3 aromatic rings. The van der Waals surface area contributed by atoms with Crippen molar-refractivity contribution in [2.75, 3.05) is 7.11 Å². The van der Waals surface area contributed by atoms with Crippen molar-refractivity contribution in [1.82, 2.24) is 0 Å². The summed E-state index contributed by atoms with van der Waals surface area (Å²) in [6, 6.07) is 10.0. The topological polar surface area (TPSA) is 75.0 Å². The number of aryl methyl sites for hydroxylation is 1. The van der Waals surface area contributed by atoms with Gasteiger partial charge >= 0.3 is 5.97 Å². The molecule has 0 saturated carbocycles. The molecular weight excluding hydrogens is 324 g/mol. The normalized spacial score (nSPS) is 10.5. The van der Waals surface area contributed by atoms with Crippen molar-refractivity contribution in [3.8, 4) is 23.0 Å². The molecule has 0 unspecified atom stereocenters. The lowest BCUT2D eigenvalue weighted by Gasteiger charge is -2.10. The van der Waals surface area contributed by atoms with Crippen LogP contribution in [0.2, 0.25) is 0 Å². The van der Waals surface area contributed by atoms with Gasteiger partial charge in [0, 0.05) is 18.6 Å². The Morgan fingerprint density at radius 1 is 1.08 bits per heavy atom. The predicted octanol–water partition coefficient (Wildman–Crippen LogP) is 3.83. The second-order valence-electron chi connectivity index (χ2n) is 5.37. The second kappa shape index (κ2) is 6.68. The van der Waals surface area contributed by atoms with Gasteiger partial charge in [-0.1, -0.05) is 6.07 Å². The third-order valence-electron chi connectivity index (χ3n) is 3.63. The zero-order valence-corrected chi connectivity index (χ0v) is 14.0. The number of methoxy groups -OCH3 is 1. The number of ether oxygens (including phenoxy) is 3. The molecule has 128 valence electrons. The Hall–Kier alpha value is -3.28. The van der Waals surface area contributed by atoms with E-state index in [1.807, 2.05) is 0 Å². The summed E-state index contributed by atoms with van der Waals surface area (Å²) < 4.78 is 21.4. The molecule has 0 radical (unpaired) electrons. The minimum absolute atomic E-state index is 0.0559. The van der Waals surface area contributed by atoms with Crippen molar-refractivity contribution < 1.29 is 23.4 Å². The fourth-order valence-electron chi connectivity index (χ4n) is 2.43. The van der Waals surface area contributed by atoms with Gasteiger partial charge in [-0.15, -0.1) is 0 Å². The zero-order valence-electron chi connectivity index (χ0n) is 14.0. The molecule has 0 atom stereocenters. The van der Waals surface area contributed by atoms with Crippen LogP contribution in [0.1, 0.15) is 12.5 Å². The highest BCUT2D eigenvalue weighted by Crippen LogP contribution is 2.29. The van der Waals surface area contributed by atoms with Gasteiger partial charge in [-0.3, -0.25) is 9.59 Å². The largest absolute Gasteiger partial charge is 0.497 e. The Labute approximate surface area is 143 Å². The minimum Gasteiger partial charge on any atom is -0.497 e. The van der Waals surface area contributed by atoms with E-state index in [-0.39, 0.29) is 11.2 Å². The van der Waals surface area contributed by atoms with Gasteiger partial charge < -0.3 is 18.6 Å². The van der Waals surface area contributed by atoms with Crippen LogP contribution in [0.4, 0.5) is 0 Å². The number of esters is 1. The molecule has 0 aliphatic rings. The van der Waals surface area contributed by atoms with E-state index < -0.39 is 5.97 Å². The Kier molecular flexibility index (Phi) is 4.43. The highest BCUT2D eigenvalue weighted by Gasteiger charge is 2.14. The third kappa shape index (κ3) is 3.33. The van der Waals surface area contributed by atoms with Crippen LogP contribution in [0.5, 0.6) is 23.0 Å². The molecule has 3 rings (SSSR count). The lowest BCUT2D eigenvalue weighted by atomic mass is 10.1. The summed E-state index contributed by atoms with van der Waals surface area (Å²) in [6.07, 6.45) is 1.24. The van der Waals surface area contributed by atoms with Crippen molar-refractivity contribution in [3.63, 3.8) is 0 Å². The summed E-state index contributed by atoms with van der Waals surface area (Å²) >= 11 is 0. The Balaban J connectivity index is 2.02. The van der Waals surface area contributed by atoms with Crippen LogP contribution in [0.25, 0.3) is 11.0 Å². The quantitative estimate of drug-likeness (QED) is 0.531. The standard InChI is InChI=1S/C19H16O6/c1-11-16(24-12(2)20)8-7-15-18(21)17(10-23-19(11)15)25-14-6-4-5-13(9-14)22-3/h4-10H,1-3H3. The van der Waals surface area contributed by atoms with Crippen LogP contribution >= 0.6 is 0 Å². The number of carbonyl (C=O) groups excluding carboxylic acids is 1. The van der Waals surface area contributed by atoms with E-state index in [0.717, 1.165) is 0 Å². The molecule has 0 amide bonds. The summed E-state index contributed by atoms with van der Waals surface area (Å²) in [5.41, 5.74) is 0.598. The molecule has 25 heavy (non-hydrogen) atoms. The highest BCUT2D eigenvalue weighted by molar-refractivity contribution is 5.84. The molecule has 0 aliphatic carbocycles. The first-order valence-corrected chi connectivity index (χ1v) is 7.55. The first-order valence-electron chi connectivity index (χ1n) is 7.55. The fraction of sp³-hybridized carbons (Fsp3) is 0.158. The maximum absolute atomic E-state index is 12.6. The zero-order chi connectivity index (χ0) is 18.0. The molecule has 0 saturated heterocycles. The molecule has 2 aromatic carbocycles. The number of benzene rings is 2. The molecule has 0 fully saturated rings. The maximum atomic E-state index is 12.6. The van der Waals surface area contributed by atoms with Crippen molar-refractivity contribution >= 4 is 16.9 Å². The van der Waals surface area contributed by atoms with Gasteiger partial charge in [0.15, 0.2) is 0 Å². The third-order valence-corrected chi connectivity index (χ3v) is 3.63. The lowest BCUT2D eigenvalue weighted by Crippen LogP contribution is -2.07. The van der Waals surface area contributed by atoms with E-state index in [4.69, 9.17) is 18.6 Å². The Morgan fingerprint density at radius 3 is 2.56 bits per heavy atom. The summed E-state index contributed by atoms with van der Waals surface area (Å²) in [5, 5.41) is 0.341. The summed E-state index contributed by atoms with van der Waals surface area (Å²) in [6.45, 7) is 3.02. The SMILES string of the molecule is COc1cccc(Oc2coc3c(C)c(OC(C)=O)ccc3c2=O)c1. The molecule has 0 N–H and O–H groups in total. The Bertz CT molecular complexity index is 1000. The van der Waals surface area contributed by atoms with Crippen molar-refractivity contribution in [2.24, 2.45) is 0 Å². The number of hydrogen-bond donors (Lipinski definition) is 0. The summed E-state index contributed by atoms with van der Waals surface area (Å²) in [5.74, 6) is 1.04. The van der Waals surface area contributed by atoms with Gasteiger partial charge in [-0.2, -0.15) is 0 Å². The van der Waals surface area contributed by atoms with Crippen molar-refractivity contribution in [3.05, 3.63) is 58.4 Å². The van der Waals surface area contributed by atoms with Gasteiger partial charge in [0.2, 0.25) is 11.2 Å². The van der Waals surface area contributed by atoms with E-state index in [9.17, 15) is 9.59 Å². The predicted molar refractivity (Wildman–Crippen MR) is 91.6 cm³/mol. The first kappa shape index (κ1) is 16.6. The van der Waals surface area contributed by atoms with Crippen LogP contribution in [-0.4, -0.2) is 13.1 Å². The molecule has 6 heteroatoms. The summed E-state index contributed by atoms with van der Waals surface area (Å²) in [4.78, 5) is 23.8. The van der Waals surface area contributed by atoms with Crippen molar-refractivity contribution in [1.29, 1.82) is 0 Å². The van der Waals surface area contributed by atoms with Gasteiger partial charge in [0.25, 0.3) is 0 Å². The fourth-order valence-corrected chi connectivity index (χ4v) is 2.43. The number of hydrogen-bond acceptors (Lipinski definition) is 6. The molecule has 0 aliphatic heterocycles. The van der Waals surface area contributed by atoms with Gasteiger partial charge in [0.1, 0.15) is 29.1 Å². The lowest BCUT2D eigenvalue weighted by molar-refractivity contribution is -0.131. The highest BCUT2D eigenvalue weighted by atomic mass is 16.5. The van der Waals surface area contributed by atoms with E-state index in [1.54, 1.807) is 50.4 Å². The van der Waals surface area contributed by atoms with Crippen LogP contribution < -0.4 is 19.6 Å². The smallest absolute Gasteiger partial charge is 0.308 e. The molecule has 1 aromatic heterocycles. The number of fused-ring (bicyclic) bond motifs is 1. The molecule has 0 bridgehead atoms. The Morgan fingerprint density at radius 2 is 1.84 bits per heavy atom. The van der Waals surface area contributed by atoms with Gasteiger partial charge in [-0.25, -0.2) is 0 Å². The summed E-state index contributed by atoms with van der Waals surface area (Å²) in [7, 11) is 1.55. The van der Waals surface area contributed by atoms with E-state index in [0.29, 0.717) is 33.8 Å². The molecule has 6 nitrogen and oxygen atoms in total. The van der Waals surface area contributed by atoms with Gasteiger partial charge in [-0.05, 0) is 31.2 Å². The first-order chi connectivity index (χ1) is 12.0. The van der Waals surface area contributed by atoms with E-state index in [2.05, 4.69) is 0 Å². The number of rotatable bonds is 4. The van der Waals surface area contributed by atoms with Crippen LogP contribution in [0.15, 0.2) is 51.9 Å². The van der Waals surface area contributed by atoms with Crippen LogP contribution in [0.3, 0.4) is 0 Å². The average Bonchev–Trinajstić information content (AvgIpc) is 2.60. The van der Waals surface area contributed by atoms with Crippen LogP contribution in [-0.2, 0) is 4.79 Å². The van der Waals surface area contributed by atoms with Crippen molar-refractivity contribution in [2.45, 2.75) is 13.8 Å². The average molecular weight is 340 g/mol. The monoisotopic (exact) mass is 340 g/mol. The second-order valence-corrected chi connectivity index (χ2v) is 5.37. The van der Waals surface area contributed by atoms with E-state index in [1.165, 1.54) is 13.2 Å². The minimum atomic E-state index is -0.442. The molecule has 1 heterocycles. The molecule has 0 spiro atoms. The van der Waals surface area contributed by atoms with E-state index >= 15 is 0 Å². The number of carbonyl (C=O) groups is 1. The van der Waals surface area contributed by atoms with Gasteiger partial charge in [0.05, 0.1) is 12.5 Å².